The zero-order valence-electron chi connectivity index (χ0n) is 16.4. The standard InChI is InChI=1S/C22H29N3O2/c1-4-20-7-5-6-12-25(20)22(26)17-13-19(15-23-14-17)24-18-8-10-21(11-9-18)27-16(2)3/h8-11,13-16,20,24H,4-7,12H2,1-3H3. The number of aromatic nitrogens is 1. The summed E-state index contributed by atoms with van der Waals surface area (Å²) in [6.45, 7) is 7.00. The Kier molecular flexibility index (Phi) is 6.32. The van der Waals surface area contributed by atoms with E-state index >= 15 is 0 Å². The van der Waals surface area contributed by atoms with Gasteiger partial charge in [-0.2, -0.15) is 0 Å². The van der Waals surface area contributed by atoms with Crippen LogP contribution in [0.15, 0.2) is 42.7 Å². The number of carbonyl (C=O) groups excluding carboxylic acids is 1. The summed E-state index contributed by atoms with van der Waals surface area (Å²) < 4.78 is 5.67. The van der Waals surface area contributed by atoms with Crippen molar-refractivity contribution in [1.29, 1.82) is 0 Å². The van der Waals surface area contributed by atoms with Gasteiger partial charge in [-0.3, -0.25) is 9.78 Å². The van der Waals surface area contributed by atoms with Crippen molar-refractivity contribution in [2.45, 2.75) is 58.6 Å². The van der Waals surface area contributed by atoms with E-state index in [4.69, 9.17) is 4.74 Å². The van der Waals surface area contributed by atoms with E-state index in [0.29, 0.717) is 11.6 Å². The molecule has 5 nitrogen and oxygen atoms in total. The molecule has 1 N–H and O–H groups in total. The number of benzene rings is 1. The molecule has 0 radical (unpaired) electrons. The second kappa shape index (κ2) is 8.89. The second-order valence-electron chi connectivity index (χ2n) is 7.33. The molecule has 144 valence electrons. The van der Waals surface area contributed by atoms with Crippen LogP contribution in [0, 0.1) is 0 Å². The summed E-state index contributed by atoms with van der Waals surface area (Å²) in [5.41, 5.74) is 2.38. The second-order valence-corrected chi connectivity index (χ2v) is 7.33. The molecule has 5 heteroatoms. The molecule has 2 aromatic rings. The molecular weight excluding hydrogens is 338 g/mol. The molecule has 1 aliphatic rings. The number of hydrogen-bond acceptors (Lipinski definition) is 4. The van der Waals surface area contributed by atoms with Gasteiger partial charge in [0.2, 0.25) is 0 Å². The molecule has 1 aromatic carbocycles. The van der Waals surface area contributed by atoms with Crippen molar-refractivity contribution >= 4 is 17.3 Å². The number of anilines is 2. The van der Waals surface area contributed by atoms with E-state index in [2.05, 4.69) is 17.2 Å². The average molecular weight is 367 g/mol. The fourth-order valence-corrected chi connectivity index (χ4v) is 3.54. The lowest BCUT2D eigenvalue weighted by Gasteiger charge is -2.35. The van der Waals surface area contributed by atoms with Crippen LogP contribution in [0.1, 0.15) is 56.8 Å². The first-order valence-corrected chi connectivity index (χ1v) is 9.86. The van der Waals surface area contributed by atoms with Crippen LogP contribution in [0.2, 0.25) is 0 Å². The zero-order chi connectivity index (χ0) is 19.2. The van der Waals surface area contributed by atoms with Crippen LogP contribution < -0.4 is 10.1 Å². The van der Waals surface area contributed by atoms with Crippen LogP contribution in [0.5, 0.6) is 5.75 Å². The Hall–Kier alpha value is -2.56. The number of ether oxygens (including phenoxy) is 1. The fourth-order valence-electron chi connectivity index (χ4n) is 3.54. The normalized spacial score (nSPS) is 17.0. The fraction of sp³-hybridized carbons (Fsp3) is 0.455. The first kappa shape index (κ1) is 19.2. The Labute approximate surface area is 161 Å². The van der Waals surface area contributed by atoms with Gasteiger partial charge in [-0.25, -0.2) is 0 Å². The number of likely N-dealkylation sites (tertiary alicyclic amines) is 1. The zero-order valence-corrected chi connectivity index (χ0v) is 16.4. The van der Waals surface area contributed by atoms with Crippen molar-refractivity contribution in [2.75, 3.05) is 11.9 Å². The first-order chi connectivity index (χ1) is 13.1. The third-order valence-corrected chi connectivity index (χ3v) is 4.86. The summed E-state index contributed by atoms with van der Waals surface area (Å²) >= 11 is 0. The molecule has 27 heavy (non-hydrogen) atoms. The molecule has 2 heterocycles. The van der Waals surface area contributed by atoms with Gasteiger partial charge in [0.1, 0.15) is 5.75 Å². The van der Waals surface area contributed by atoms with Crippen LogP contribution in [0.4, 0.5) is 11.4 Å². The molecule has 1 saturated heterocycles. The first-order valence-electron chi connectivity index (χ1n) is 9.86. The number of carbonyl (C=O) groups is 1. The highest BCUT2D eigenvalue weighted by molar-refractivity contribution is 5.95. The number of nitrogens with one attached hydrogen (secondary N) is 1. The summed E-state index contributed by atoms with van der Waals surface area (Å²) in [5.74, 6) is 0.923. The van der Waals surface area contributed by atoms with E-state index in [0.717, 1.165) is 42.9 Å². The van der Waals surface area contributed by atoms with E-state index in [1.807, 2.05) is 49.1 Å². The van der Waals surface area contributed by atoms with Gasteiger partial charge in [-0.15, -0.1) is 0 Å². The Morgan fingerprint density at radius 3 is 2.70 bits per heavy atom. The Morgan fingerprint density at radius 2 is 2.00 bits per heavy atom. The predicted molar refractivity (Wildman–Crippen MR) is 109 cm³/mol. The summed E-state index contributed by atoms with van der Waals surface area (Å²) in [6, 6.07) is 10.0. The molecule has 1 unspecified atom stereocenters. The molecule has 1 amide bonds. The van der Waals surface area contributed by atoms with E-state index in [1.54, 1.807) is 12.4 Å². The van der Waals surface area contributed by atoms with Crippen LogP contribution in [0.3, 0.4) is 0 Å². The van der Waals surface area contributed by atoms with Gasteiger partial charge in [-0.05, 0) is 69.9 Å². The Bertz CT molecular complexity index is 758. The highest BCUT2D eigenvalue weighted by Gasteiger charge is 2.26. The third-order valence-electron chi connectivity index (χ3n) is 4.86. The molecule has 1 atom stereocenters. The minimum Gasteiger partial charge on any atom is -0.491 e. The molecule has 0 aliphatic carbocycles. The Morgan fingerprint density at radius 1 is 1.22 bits per heavy atom. The van der Waals surface area contributed by atoms with Crippen molar-refractivity contribution in [2.24, 2.45) is 0 Å². The van der Waals surface area contributed by atoms with E-state index in [-0.39, 0.29) is 12.0 Å². The maximum Gasteiger partial charge on any atom is 0.255 e. The number of pyridine rings is 1. The molecule has 1 aromatic heterocycles. The minimum absolute atomic E-state index is 0.0818. The van der Waals surface area contributed by atoms with Gasteiger partial charge in [0.15, 0.2) is 0 Å². The van der Waals surface area contributed by atoms with Gasteiger partial charge in [0.25, 0.3) is 5.91 Å². The van der Waals surface area contributed by atoms with Crippen molar-refractivity contribution < 1.29 is 9.53 Å². The van der Waals surface area contributed by atoms with Crippen LogP contribution in [-0.2, 0) is 0 Å². The summed E-state index contributed by atoms with van der Waals surface area (Å²) in [7, 11) is 0. The lowest BCUT2D eigenvalue weighted by atomic mass is 9.99. The van der Waals surface area contributed by atoms with Crippen molar-refractivity contribution in [3.8, 4) is 5.75 Å². The van der Waals surface area contributed by atoms with E-state index in [9.17, 15) is 4.79 Å². The summed E-state index contributed by atoms with van der Waals surface area (Å²) in [5, 5.41) is 3.32. The lowest BCUT2D eigenvalue weighted by molar-refractivity contribution is 0.0607. The van der Waals surface area contributed by atoms with E-state index < -0.39 is 0 Å². The SMILES string of the molecule is CCC1CCCCN1C(=O)c1cncc(Nc2ccc(OC(C)C)cc2)c1. The van der Waals surface area contributed by atoms with Crippen LogP contribution in [-0.4, -0.2) is 34.5 Å². The topological polar surface area (TPSA) is 54.5 Å². The average Bonchev–Trinajstić information content (AvgIpc) is 2.69. The largest absolute Gasteiger partial charge is 0.491 e. The monoisotopic (exact) mass is 367 g/mol. The number of rotatable bonds is 6. The van der Waals surface area contributed by atoms with Crippen molar-refractivity contribution in [3.05, 3.63) is 48.3 Å². The van der Waals surface area contributed by atoms with Crippen LogP contribution in [0.25, 0.3) is 0 Å². The lowest BCUT2D eigenvalue weighted by Crippen LogP contribution is -2.43. The number of nitrogens with zero attached hydrogens (tertiary/aromatic N) is 2. The van der Waals surface area contributed by atoms with Gasteiger partial charge >= 0.3 is 0 Å². The maximum atomic E-state index is 13.0. The Balaban J connectivity index is 1.70. The quantitative estimate of drug-likeness (QED) is 0.779. The summed E-state index contributed by atoms with van der Waals surface area (Å²) in [6.07, 6.45) is 7.94. The highest BCUT2D eigenvalue weighted by Crippen LogP contribution is 2.24. The molecule has 1 fully saturated rings. The van der Waals surface area contributed by atoms with Crippen molar-refractivity contribution in [3.63, 3.8) is 0 Å². The van der Waals surface area contributed by atoms with Crippen molar-refractivity contribution in [1.82, 2.24) is 9.88 Å². The predicted octanol–water partition coefficient (Wildman–Crippen LogP) is 5.02. The summed E-state index contributed by atoms with van der Waals surface area (Å²) in [4.78, 5) is 19.2. The van der Waals surface area contributed by atoms with Gasteiger partial charge in [0, 0.05) is 24.5 Å². The molecule has 1 aliphatic heterocycles. The van der Waals surface area contributed by atoms with Gasteiger partial charge < -0.3 is 15.0 Å². The van der Waals surface area contributed by atoms with Crippen LogP contribution >= 0.6 is 0 Å². The highest BCUT2D eigenvalue weighted by atomic mass is 16.5. The molecule has 0 bridgehead atoms. The minimum atomic E-state index is 0.0818. The maximum absolute atomic E-state index is 13.0. The number of amides is 1. The molecular formula is C22H29N3O2. The van der Waals surface area contributed by atoms with E-state index in [1.165, 1.54) is 6.42 Å². The third kappa shape index (κ3) is 5.00. The number of piperidine rings is 1. The molecule has 0 spiro atoms. The molecule has 0 saturated carbocycles. The smallest absolute Gasteiger partial charge is 0.255 e. The van der Waals surface area contributed by atoms with Gasteiger partial charge in [-0.1, -0.05) is 6.92 Å². The number of hydrogen-bond donors (Lipinski definition) is 1. The van der Waals surface area contributed by atoms with Gasteiger partial charge in [0.05, 0.1) is 23.6 Å². The molecule has 3 rings (SSSR count).